The van der Waals surface area contributed by atoms with Gasteiger partial charge in [-0.25, -0.2) is 4.98 Å². The van der Waals surface area contributed by atoms with Crippen molar-refractivity contribution in [2.24, 2.45) is 0 Å². The Hall–Kier alpha value is -1.69. The summed E-state index contributed by atoms with van der Waals surface area (Å²) < 4.78 is 5.12. The second-order valence-electron chi connectivity index (χ2n) is 3.78. The predicted molar refractivity (Wildman–Crippen MR) is 70.2 cm³/mol. The van der Waals surface area contributed by atoms with E-state index >= 15 is 0 Å². The Kier molecular flexibility index (Phi) is 3.76. The van der Waals surface area contributed by atoms with Crippen LogP contribution >= 0.6 is 11.8 Å². The van der Waals surface area contributed by atoms with Crippen molar-refractivity contribution in [3.8, 4) is 5.75 Å². The van der Waals surface area contributed by atoms with Gasteiger partial charge in [0.1, 0.15) is 11.0 Å². The molecule has 0 amide bonds. The summed E-state index contributed by atoms with van der Waals surface area (Å²) in [5.41, 5.74) is 1.65. The lowest BCUT2D eigenvalue weighted by Crippen LogP contribution is -2.14. The number of aromatic nitrogens is 2. The van der Waals surface area contributed by atoms with Crippen molar-refractivity contribution in [2.75, 3.05) is 7.11 Å². The van der Waals surface area contributed by atoms with E-state index in [-0.39, 0.29) is 0 Å². The maximum atomic E-state index is 11.0. The zero-order valence-corrected chi connectivity index (χ0v) is 11.0. The van der Waals surface area contributed by atoms with Gasteiger partial charge >= 0.3 is 5.97 Å². The van der Waals surface area contributed by atoms with E-state index in [2.05, 4.69) is 9.97 Å². The minimum atomic E-state index is -0.819. The molecule has 0 aliphatic rings. The lowest BCUT2D eigenvalue weighted by Gasteiger charge is -2.05. The number of nitrogens with zero attached hydrogens (tertiary/aromatic N) is 1. The van der Waals surface area contributed by atoms with Gasteiger partial charge in [-0.05, 0) is 18.6 Å². The number of H-pyrrole nitrogens is 1. The summed E-state index contributed by atoms with van der Waals surface area (Å²) in [6, 6.07) is 5.51. The summed E-state index contributed by atoms with van der Waals surface area (Å²) in [6.45, 7) is 1.84. The van der Waals surface area contributed by atoms with Crippen LogP contribution in [0.25, 0.3) is 11.0 Å². The summed E-state index contributed by atoms with van der Waals surface area (Å²) >= 11 is 1.23. The number of methoxy groups -OCH3 is 1. The number of thioether (sulfide) groups is 1. The molecule has 5 nitrogen and oxygen atoms in total. The van der Waals surface area contributed by atoms with Crippen LogP contribution in [0.5, 0.6) is 5.75 Å². The number of aromatic amines is 1. The number of rotatable bonds is 5. The maximum Gasteiger partial charge on any atom is 0.317 e. The molecule has 0 saturated heterocycles. The van der Waals surface area contributed by atoms with Gasteiger partial charge in [-0.3, -0.25) is 4.79 Å². The zero-order valence-electron chi connectivity index (χ0n) is 10.1. The number of fused-ring (bicyclic) bond motifs is 1. The number of nitrogens with one attached hydrogen (secondary N) is 1. The molecule has 0 unspecified atom stereocenters. The molecule has 1 heterocycles. The molecule has 96 valence electrons. The first-order valence-corrected chi connectivity index (χ1v) is 6.45. The lowest BCUT2D eigenvalue weighted by molar-refractivity contribution is -0.136. The van der Waals surface area contributed by atoms with Gasteiger partial charge in [-0.15, -0.1) is 0 Å². The highest BCUT2D eigenvalue weighted by Crippen LogP contribution is 2.27. The van der Waals surface area contributed by atoms with Gasteiger partial charge in [-0.1, -0.05) is 18.7 Å². The highest BCUT2D eigenvalue weighted by molar-refractivity contribution is 8.00. The largest absolute Gasteiger partial charge is 0.497 e. The molecule has 1 aromatic carbocycles. The Morgan fingerprint density at radius 1 is 1.61 bits per heavy atom. The van der Waals surface area contributed by atoms with E-state index < -0.39 is 11.2 Å². The standard InChI is InChI=1S/C12H14N2O3S/c1-3-10(11(15)16)18-12-13-8-5-4-7(17-2)6-9(8)14-12/h4-6,10H,3H2,1-2H3,(H,13,14)(H,15,16)/t10-/m1/s1. The first kappa shape index (κ1) is 12.8. The molecule has 2 rings (SSSR count). The predicted octanol–water partition coefficient (Wildman–Crippen LogP) is 2.53. The van der Waals surface area contributed by atoms with Crippen LogP contribution in [0.2, 0.25) is 0 Å². The van der Waals surface area contributed by atoms with Crippen LogP contribution in [0.1, 0.15) is 13.3 Å². The zero-order chi connectivity index (χ0) is 13.1. The molecule has 2 N–H and O–H groups in total. The van der Waals surface area contributed by atoms with Crippen LogP contribution in [0.3, 0.4) is 0 Å². The van der Waals surface area contributed by atoms with Crippen molar-refractivity contribution in [1.82, 2.24) is 9.97 Å². The number of hydrogen-bond donors (Lipinski definition) is 2. The number of aliphatic carboxylic acids is 1. The molecule has 0 radical (unpaired) electrons. The minimum absolute atomic E-state index is 0.479. The molecule has 6 heteroatoms. The normalized spacial score (nSPS) is 12.6. The summed E-state index contributed by atoms with van der Waals surface area (Å²) in [5.74, 6) is -0.0755. The average molecular weight is 266 g/mol. The molecule has 0 aliphatic heterocycles. The van der Waals surface area contributed by atoms with Crippen LogP contribution in [0.15, 0.2) is 23.4 Å². The van der Waals surface area contributed by atoms with Crippen molar-refractivity contribution in [1.29, 1.82) is 0 Å². The van der Waals surface area contributed by atoms with Crippen LogP contribution in [-0.4, -0.2) is 33.4 Å². The summed E-state index contributed by atoms with van der Waals surface area (Å²) in [6.07, 6.45) is 0.556. The number of carboxylic acid groups (broad SMARTS) is 1. The van der Waals surface area contributed by atoms with E-state index in [0.29, 0.717) is 11.6 Å². The third-order valence-corrected chi connectivity index (χ3v) is 3.80. The Bertz CT molecular complexity index is 567. The molecular weight excluding hydrogens is 252 g/mol. The molecule has 0 spiro atoms. The summed E-state index contributed by atoms with van der Waals surface area (Å²) in [4.78, 5) is 18.4. The van der Waals surface area contributed by atoms with Crippen LogP contribution in [0.4, 0.5) is 0 Å². The highest BCUT2D eigenvalue weighted by atomic mass is 32.2. The van der Waals surface area contributed by atoms with Gasteiger partial charge in [0.05, 0.1) is 18.1 Å². The Morgan fingerprint density at radius 3 is 3.00 bits per heavy atom. The van der Waals surface area contributed by atoms with E-state index in [1.165, 1.54) is 11.8 Å². The summed E-state index contributed by atoms with van der Waals surface area (Å²) in [5, 5.41) is 9.15. The topological polar surface area (TPSA) is 75.2 Å². The third kappa shape index (κ3) is 2.59. The molecular formula is C12H14N2O3S. The second-order valence-corrected chi connectivity index (χ2v) is 4.97. The second kappa shape index (κ2) is 5.30. The van der Waals surface area contributed by atoms with E-state index in [4.69, 9.17) is 9.84 Å². The number of ether oxygens (including phenoxy) is 1. The molecule has 1 aromatic heterocycles. The number of imidazole rings is 1. The molecule has 0 aliphatic carbocycles. The van der Waals surface area contributed by atoms with Crippen LogP contribution in [-0.2, 0) is 4.79 Å². The fourth-order valence-corrected chi connectivity index (χ4v) is 2.45. The van der Waals surface area contributed by atoms with Gasteiger partial charge in [-0.2, -0.15) is 0 Å². The van der Waals surface area contributed by atoms with E-state index in [0.717, 1.165) is 16.8 Å². The third-order valence-electron chi connectivity index (χ3n) is 2.57. The quantitative estimate of drug-likeness (QED) is 0.813. The molecule has 0 saturated carbocycles. The number of carbonyl (C=O) groups is 1. The van der Waals surface area contributed by atoms with E-state index in [9.17, 15) is 4.79 Å². The van der Waals surface area contributed by atoms with E-state index in [1.54, 1.807) is 7.11 Å². The monoisotopic (exact) mass is 266 g/mol. The molecule has 0 fully saturated rings. The lowest BCUT2D eigenvalue weighted by atomic mass is 10.3. The Morgan fingerprint density at radius 2 is 2.39 bits per heavy atom. The molecule has 18 heavy (non-hydrogen) atoms. The molecule has 0 bridgehead atoms. The Labute approximate surface area is 109 Å². The fraction of sp³-hybridized carbons (Fsp3) is 0.333. The minimum Gasteiger partial charge on any atom is -0.497 e. The van der Waals surface area contributed by atoms with Crippen molar-refractivity contribution < 1.29 is 14.6 Å². The van der Waals surface area contributed by atoms with E-state index in [1.807, 2.05) is 25.1 Å². The molecule has 2 aromatic rings. The van der Waals surface area contributed by atoms with Gasteiger partial charge in [0.25, 0.3) is 0 Å². The smallest absolute Gasteiger partial charge is 0.317 e. The number of hydrogen-bond acceptors (Lipinski definition) is 4. The number of carboxylic acids is 1. The van der Waals surface area contributed by atoms with Crippen molar-refractivity contribution >= 4 is 28.8 Å². The van der Waals surface area contributed by atoms with Gasteiger partial charge in [0.2, 0.25) is 0 Å². The van der Waals surface area contributed by atoms with Crippen LogP contribution < -0.4 is 4.74 Å². The first-order chi connectivity index (χ1) is 8.63. The van der Waals surface area contributed by atoms with Gasteiger partial charge < -0.3 is 14.8 Å². The van der Waals surface area contributed by atoms with Crippen molar-refractivity contribution in [3.05, 3.63) is 18.2 Å². The number of benzene rings is 1. The first-order valence-electron chi connectivity index (χ1n) is 5.57. The maximum absolute atomic E-state index is 11.0. The summed E-state index contributed by atoms with van der Waals surface area (Å²) in [7, 11) is 1.60. The van der Waals surface area contributed by atoms with Crippen molar-refractivity contribution in [3.63, 3.8) is 0 Å². The molecule has 1 atom stereocenters. The average Bonchev–Trinajstić information content (AvgIpc) is 2.76. The van der Waals surface area contributed by atoms with Crippen LogP contribution in [0, 0.1) is 0 Å². The highest BCUT2D eigenvalue weighted by Gasteiger charge is 2.18. The van der Waals surface area contributed by atoms with Gasteiger partial charge in [0, 0.05) is 6.07 Å². The fourth-order valence-electron chi connectivity index (χ4n) is 1.59. The van der Waals surface area contributed by atoms with Crippen molar-refractivity contribution in [2.45, 2.75) is 23.8 Å². The van der Waals surface area contributed by atoms with Gasteiger partial charge in [0.15, 0.2) is 5.16 Å². The Balaban J connectivity index is 2.27. The SMILES string of the molecule is CC[C@@H](Sc1nc2ccc(OC)cc2[nH]1)C(=O)O.